The molecule has 0 spiro atoms. The van der Waals surface area contributed by atoms with Gasteiger partial charge in [0.15, 0.2) is 11.5 Å². The van der Waals surface area contributed by atoms with Crippen LogP contribution in [0, 0.1) is 0 Å². The number of carbonyl (C=O) groups excluding carboxylic acids is 1. The average molecular weight is 301 g/mol. The Morgan fingerprint density at radius 1 is 1.41 bits per heavy atom. The van der Waals surface area contributed by atoms with E-state index >= 15 is 0 Å². The van der Waals surface area contributed by atoms with E-state index in [1.54, 1.807) is 6.07 Å². The highest BCUT2D eigenvalue weighted by atomic mass is 79.9. The molecule has 1 aromatic rings. The minimum atomic E-state index is -0.431. The second-order valence-corrected chi connectivity index (χ2v) is 4.66. The molecule has 1 aromatic carbocycles. The molecule has 1 atom stereocenters. The highest BCUT2D eigenvalue weighted by Gasteiger charge is 2.19. The van der Waals surface area contributed by atoms with Crippen LogP contribution in [0.25, 0.3) is 0 Å². The van der Waals surface area contributed by atoms with Crippen LogP contribution in [0.2, 0.25) is 0 Å². The number of rotatable bonds is 3. The van der Waals surface area contributed by atoms with Crippen molar-refractivity contribution in [3.05, 3.63) is 22.2 Å². The fourth-order valence-corrected chi connectivity index (χ4v) is 2.25. The Morgan fingerprint density at radius 2 is 2.12 bits per heavy atom. The molecule has 0 aromatic heterocycles. The van der Waals surface area contributed by atoms with E-state index in [0.717, 1.165) is 10.0 Å². The molecule has 0 bridgehead atoms. The third-order valence-electron chi connectivity index (χ3n) is 2.47. The Labute approximate surface area is 107 Å². The third kappa shape index (κ3) is 2.70. The van der Waals surface area contributed by atoms with Crippen molar-refractivity contribution < 1.29 is 14.3 Å². The predicted octanol–water partition coefficient (Wildman–Crippen LogP) is 1.10. The molecule has 2 rings (SSSR count). The number of primary amides is 1. The van der Waals surface area contributed by atoms with Crippen molar-refractivity contribution in [3.63, 3.8) is 0 Å². The summed E-state index contributed by atoms with van der Waals surface area (Å²) in [6, 6.07) is 3.17. The Hall–Kier alpha value is -1.27. The predicted molar refractivity (Wildman–Crippen MR) is 65.9 cm³/mol. The lowest BCUT2D eigenvalue weighted by Gasteiger charge is -2.21. The van der Waals surface area contributed by atoms with Gasteiger partial charge in [-0.1, -0.05) is 0 Å². The van der Waals surface area contributed by atoms with Gasteiger partial charge in [-0.15, -0.1) is 0 Å². The van der Waals surface area contributed by atoms with E-state index in [2.05, 4.69) is 15.9 Å². The molecule has 92 valence electrons. The van der Waals surface area contributed by atoms with E-state index in [0.29, 0.717) is 24.7 Å². The van der Waals surface area contributed by atoms with E-state index < -0.39 is 11.9 Å². The van der Waals surface area contributed by atoms with E-state index in [9.17, 15) is 4.79 Å². The average Bonchev–Trinajstić information content (AvgIpc) is 2.28. The summed E-state index contributed by atoms with van der Waals surface area (Å²) in [7, 11) is 0. The first-order valence-electron chi connectivity index (χ1n) is 5.21. The zero-order valence-corrected chi connectivity index (χ0v) is 10.7. The number of halogens is 1. The maximum atomic E-state index is 10.8. The molecule has 1 unspecified atom stereocenters. The van der Waals surface area contributed by atoms with Crippen molar-refractivity contribution in [3.8, 4) is 11.5 Å². The van der Waals surface area contributed by atoms with Crippen LogP contribution < -0.4 is 20.9 Å². The van der Waals surface area contributed by atoms with Gasteiger partial charge in [0.1, 0.15) is 13.2 Å². The summed E-state index contributed by atoms with van der Waals surface area (Å²) in [6.07, 6.45) is 0.103. The summed E-state index contributed by atoms with van der Waals surface area (Å²) >= 11 is 3.39. The van der Waals surface area contributed by atoms with Gasteiger partial charge in [-0.2, -0.15) is 0 Å². The highest BCUT2D eigenvalue weighted by molar-refractivity contribution is 9.10. The zero-order chi connectivity index (χ0) is 12.4. The van der Waals surface area contributed by atoms with Gasteiger partial charge in [0.2, 0.25) is 5.91 Å². The minimum absolute atomic E-state index is 0.103. The van der Waals surface area contributed by atoms with Gasteiger partial charge < -0.3 is 20.9 Å². The molecular formula is C11H13BrN2O3. The van der Waals surface area contributed by atoms with Crippen LogP contribution in [0.3, 0.4) is 0 Å². The number of hydrogen-bond acceptors (Lipinski definition) is 4. The Kier molecular flexibility index (Phi) is 3.54. The molecule has 4 N–H and O–H groups in total. The van der Waals surface area contributed by atoms with Gasteiger partial charge in [-0.05, 0) is 33.6 Å². The van der Waals surface area contributed by atoms with Crippen molar-refractivity contribution in [2.45, 2.75) is 12.5 Å². The molecule has 0 fully saturated rings. The molecule has 1 heterocycles. The molecular weight excluding hydrogens is 288 g/mol. The van der Waals surface area contributed by atoms with E-state index in [1.807, 2.05) is 6.07 Å². The van der Waals surface area contributed by atoms with Crippen molar-refractivity contribution >= 4 is 21.8 Å². The smallest absolute Gasteiger partial charge is 0.219 e. The van der Waals surface area contributed by atoms with Gasteiger partial charge in [0, 0.05) is 12.5 Å². The van der Waals surface area contributed by atoms with Crippen LogP contribution >= 0.6 is 15.9 Å². The normalized spacial score (nSPS) is 15.4. The third-order valence-corrected chi connectivity index (χ3v) is 3.06. The SMILES string of the molecule is NC(=O)CC(N)c1cc(Br)c2c(c1)OCCO2. The number of benzene rings is 1. The number of hydrogen-bond donors (Lipinski definition) is 2. The number of amides is 1. The summed E-state index contributed by atoms with van der Waals surface area (Å²) in [5, 5.41) is 0. The monoisotopic (exact) mass is 300 g/mol. The van der Waals surface area contributed by atoms with Crippen molar-refractivity contribution in [2.24, 2.45) is 11.5 Å². The topological polar surface area (TPSA) is 87.6 Å². The molecule has 0 radical (unpaired) electrons. The molecule has 17 heavy (non-hydrogen) atoms. The van der Waals surface area contributed by atoms with Crippen LogP contribution in [-0.4, -0.2) is 19.1 Å². The summed E-state index contributed by atoms with van der Waals surface area (Å²) in [5.74, 6) is 0.885. The second-order valence-electron chi connectivity index (χ2n) is 3.80. The molecule has 1 amide bonds. The number of fused-ring (bicyclic) bond motifs is 1. The van der Waals surface area contributed by atoms with Gasteiger partial charge >= 0.3 is 0 Å². The van der Waals surface area contributed by atoms with Crippen LogP contribution in [0.5, 0.6) is 11.5 Å². The van der Waals surface area contributed by atoms with Gasteiger partial charge in [-0.25, -0.2) is 0 Å². The van der Waals surface area contributed by atoms with Crippen molar-refractivity contribution in [1.82, 2.24) is 0 Å². The van der Waals surface area contributed by atoms with E-state index in [4.69, 9.17) is 20.9 Å². The fourth-order valence-electron chi connectivity index (χ4n) is 1.68. The van der Waals surface area contributed by atoms with Gasteiger partial charge in [0.25, 0.3) is 0 Å². The van der Waals surface area contributed by atoms with Crippen molar-refractivity contribution in [2.75, 3.05) is 13.2 Å². The standard InChI is InChI=1S/C11H13BrN2O3/c12-7-3-6(8(13)5-10(14)15)4-9-11(7)17-2-1-16-9/h3-4,8H,1-2,5,13H2,(H2,14,15). The first kappa shape index (κ1) is 12.2. The molecule has 0 saturated carbocycles. The Balaban J connectivity index is 2.30. The summed E-state index contributed by atoms with van der Waals surface area (Å²) in [5.41, 5.74) is 11.8. The van der Waals surface area contributed by atoms with Crippen LogP contribution in [-0.2, 0) is 4.79 Å². The van der Waals surface area contributed by atoms with Crippen LogP contribution in [0.1, 0.15) is 18.0 Å². The molecule has 0 aliphatic carbocycles. The number of carbonyl (C=O) groups is 1. The van der Waals surface area contributed by atoms with Crippen molar-refractivity contribution in [1.29, 1.82) is 0 Å². The highest BCUT2D eigenvalue weighted by Crippen LogP contribution is 2.39. The van der Waals surface area contributed by atoms with Crippen LogP contribution in [0.4, 0.5) is 0 Å². The molecule has 1 aliphatic rings. The Morgan fingerprint density at radius 3 is 2.82 bits per heavy atom. The number of ether oxygens (including phenoxy) is 2. The summed E-state index contributed by atoms with van der Waals surface area (Å²) in [6.45, 7) is 1.03. The lowest BCUT2D eigenvalue weighted by atomic mass is 10.0. The van der Waals surface area contributed by atoms with Gasteiger partial charge in [-0.3, -0.25) is 4.79 Å². The van der Waals surface area contributed by atoms with Gasteiger partial charge in [0.05, 0.1) is 4.47 Å². The van der Waals surface area contributed by atoms with E-state index in [1.165, 1.54) is 0 Å². The molecule has 0 saturated heterocycles. The summed E-state index contributed by atoms with van der Waals surface area (Å²) < 4.78 is 11.7. The minimum Gasteiger partial charge on any atom is -0.486 e. The fraction of sp³-hybridized carbons (Fsp3) is 0.364. The lowest BCUT2D eigenvalue weighted by Crippen LogP contribution is -2.21. The number of nitrogens with two attached hydrogens (primary N) is 2. The quantitative estimate of drug-likeness (QED) is 0.875. The molecule has 6 heteroatoms. The first-order valence-corrected chi connectivity index (χ1v) is 6.00. The largest absolute Gasteiger partial charge is 0.486 e. The van der Waals surface area contributed by atoms with E-state index in [-0.39, 0.29) is 6.42 Å². The second kappa shape index (κ2) is 4.93. The first-order chi connectivity index (χ1) is 8.08. The summed E-state index contributed by atoms with van der Waals surface area (Å²) in [4.78, 5) is 10.8. The maximum Gasteiger partial charge on any atom is 0.219 e. The lowest BCUT2D eigenvalue weighted by molar-refractivity contribution is -0.118. The van der Waals surface area contributed by atoms with Crippen LogP contribution in [0.15, 0.2) is 16.6 Å². The molecule has 1 aliphatic heterocycles. The zero-order valence-electron chi connectivity index (χ0n) is 9.11. The Bertz CT molecular complexity index is 451. The maximum absolute atomic E-state index is 10.8. The molecule has 5 nitrogen and oxygen atoms in total.